The molecule has 1 atom stereocenters. The Morgan fingerprint density at radius 3 is 2.79 bits per heavy atom. The lowest BCUT2D eigenvalue weighted by Crippen LogP contribution is -2.27. The zero-order valence-corrected chi connectivity index (χ0v) is 11.0. The summed E-state index contributed by atoms with van der Waals surface area (Å²) in [4.78, 5) is 2.26. The predicted molar refractivity (Wildman–Crippen MR) is 77.3 cm³/mol. The maximum atomic E-state index is 9.65. The van der Waals surface area contributed by atoms with Crippen LogP contribution in [0.1, 0.15) is 22.7 Å². The van der Waals surface area contributed by atoms with Crippen LogP contribution in [0.4, 0.5) is 5.69 Å². The molecule has 0 aliphatic carbocycles. The monoisotopic (exact) mass is 254 g/mol. The Hall–Kier alpha value is -2.00. The Bertz CT molecular complexity index is 609. The average molecular weight is 254 g/mol. The van der Waals surface area contributed by atoms with Crippen molar-refractivity contribution < 1.29 is 5.11 Å². The number of fused-ring (bicyclic) bond motifs is 1. The summed E-state index contributed by atoms with van der Waals surface area (Å²) in [5.74, 6) is 0.293. The van der Waals surface area contributed by atoms with Crippen LogP contribution in [-0.4, -0.2) is 11.7 Å². The Balaban J connectivity index is 2.04. The van der Waals surface area contributed by atoms with Crippen LogP contribution >= 0.6 is 0 Å². The molecule has 98 valence electrons. The number of hydrogen-bond acceptors (Lipinski definition) is 3. The topological polar surface area (TPSA) is 49.5 Å². The lowest BCUT2D eigenvalue weighted by atomic mass is 10.0. The fourth-order valence-corrected chi connectivity index (χ4v) is 2.90. The van der Waals surface area contributed by atoms with Crippen LogP contribution in [-0.2, 0) is 6.54 Å². The first kappa shape index (κ1) is 12.1. The number of nitrogens with two attached hydrogens (primary N) is 1. The van der Waals surface area contributed by atoms with Crippen molar-refractivity contribution in [1.82, 2.24) is 0 Å². The van der Waals surface area contributed by atoms with E-state index in [-0.39, 0.29) is 6.04 Å². The van der Waals surface area contributed by atoms with Gasteiger partial charge >= 0.3 is 0 Å². The highest BCUT2D eigenvalue weighted by Crippen LogP contribution is 2.38. The number of phenols is 1. The second-order valence-electron chi connectivity index (χ2n) is 5.04. The van der Waals surface area contributed by atoms with Crippen molar-refractivity contribution in [2.24, 2.45) is 5.73 Å². The van der Waals surface area contributed by atoms with Gasteiger partial charge in [0.2, 0.25) is 0 Å². The molecule has 3 nitrogen and oxygen atoms in total. The van der Waals surface area contributed by atoms with Crippen molar-refractivity contribution in [3.8, 4) is 5.75 Å². The van der Waals surface area contributed by atoms with E-state index in [1.54, 1.807) is 12.1 Å². The summed E-state index contributed by atoms with van der Waals surface area (Å²) in [6.45, 7) is 3.57. The summed E-state index contributed by atoms with van der Waals surface area (Å²) in [5, 5.41) is 9.65. The highest BCUT2D eigenvalue weighted by atomic mass is 16.3. The minimum absolute atomic E-state index is 0.191. The maximum absolute atomic E-state index is 9.65. The van der Waals surface area contributed by atoms with Gasteiger partial charge in [-0.05, 0) is 35.7 Å². The summed E-state index contributed by atoms with van der Waals surface area (Å²) in [6, 6.07) is 13.9. The summed E-state index contributed by atoms with van der Waals surface area (Å²) < 4.78 is 0. The van der Waals surface area contributed by atoms with Crippen molar-refractivity contribution >= 4 is 5.69 Å². The molecule has 0 radical (unpaired) electrons. The second-order valence-corrected chi connectivity index (χ2v) is 5.04. The Morgan fingerprint density at radius 1 is 1.26 bits per heavy atom. The molecule has 0 amide bonds. The van der Waals surface area contributed by atoms with Gasteiger partial charge in [-0.1, -0.05) is 24.3 Å². The van der Waals surface area contributed by atoms with E-state index in [1.807, 2.05) is 12.1 Å². The molecule has 1 unspecified atom stereocenters. The molecule has 0 saturated carbocycles. The minimum Gasteiger partial charge on any atom is -0.508 e. The van der Waals surface area contributed by atoms with E-state index in [1.165, 1.54) is 16.7 Å². The van der Waals surface area contributed by atoms with Crippen molar-refractivity contribution in [2.45, 2.75) is 19.5 Å². The molecule has 2 aromatic rings. The normalized spacial score (nSPS) is 17.6. The molecular weight excluding hydrogens is 236 g/mol. The first-order valence-electron chi connectivity index (χ1n) is 6.55. The third-order valence-corrected chi connectivity index (χ3v) is 3.89. The SMILES string of the molecule is Cc1cccc2c1CN(c1cccc(O)c1)C2CN. The van der Waals surface area contributed by atoms with E-state index in [0.29, 0.717) is 12.3 Å². The number of hydrogen-bond donors (Lipinski definition) is 2. The lowest BCUT2D eigenvalue weighted by molar-refractivity contribution is 0.475. The summed E-state index contributed by atoms with van der Waals surface area (Å²) in [7, 11) is 0. The third kappa shape index (κ3) is 1.96. The molecule has 2 aromatic carbocycles. The zero-order chi connectivity index (χ0) is 13.4. The van der Waals surface area contributed by atoms with Gasteiger partial charge in [0.05, 0.1) is 6.04 Å². The predicted octanol–water partition coefficient (Wildman–Crippen LogP) is 2.72. The molecule has 0 spiro atoms. The van der Waals surface area contributed by atoms with Gasteiger partial charge in [0, 0.05) is 24.8 Å². The molecule has 0 bridgehead atoms. The van der Waals surface area contributed by atoms with Crippen LogP contribution in [0.15, 0.2) is 42.5 Å². The van der Waals surface area contributed by atoms with Crippen molar-refractivity contribution in [2.75, 3.05) is 11.4 Å². The van der Waals surface area contributed by atoms with Gasteiger partial charge in [0.15, 0.2) is 0 Å². The molecular formula is C16H18N2O. The Labute approximate surface area is 113 Å². The van der Waals surface area contributed by atoms with Gasteiger partial charge < -0.3 is 15.7 Å². The molecule has 19 heavy (non-hydrogen) atoms. The minimum atomic E-state index is 0.191. The number of benzene rings is 2. The van der Waals surface area contributed by atoms with Crippen LogP contribution in [0.2, 0.25) is 0 Å². The van der Waals surface area contributed by atoms with Crippen LogP contribution in [0.3, 0.4) is 0 Å². The smallest absolute Gasteiger partial charge is 0.117 e. The van der Waals surface area contributed by atoms with Crippen LogP contribution in [0.25, 0.3) is 0 Å². The molecule has 3 N–H and O–H groups in total. The maximum Gasteiger partial charge on any atom is 0.117 e. The third-order valence-electron chi connectivity index (χ3n) is 3.89. The van der Waals surface area contributed by atoms with E-state index in [0.717, 1.165) is 12.2 Å². The Kier molecular flexibility index (Phi) is 2.91. The molecule has 3 rings (SSSR count). The number of nitrogens with zero attached hydrogens (tertiary/aromatic N) is 1. The molecule has 0 aromatic heterocycles. The summed E-state index contributed by atoms with van der Waals surface area (Å²) in [5.41, 5.74) is 11.0. The van der Waals surface area contributed by atoms with E-state index < -0.39 is 0 Å². The highest BCUT2D eigenvalue weighted by Gasteiger charge is 2.30. The fraction of sp³-hybridized carbons (Fsp3) is 0.250. The number of anilines is 1. The molecule has 0 fully saturated rings. The van der Waals surface area contributed by atoms with Gasteiger partial charge in [-0.25, -0.2) is 0 Å². The van der Waals surface area contributed by atoms with Crippen molar-refractivity contribution in [3.05, 3.63) is 59.2 Å². The molecule has 1 heterocycles. The first-order valence-corrected chi connectivity index (χ1v) is 6.55. The highest BCUT2D eigenvalue weighted by molar-refractivity contribution is 5.58. The first-order chi connectivity index (χ1) is 9.20. The van der Waals surface area contributed by atoms with Crippen LogP contribution in [0.5, 0.6) is 5.75 Å². The number of phenolic OH excluding ortho intramolecular Hbond substituents is 1. The van der Waals surface area contributed by atoms with Crippen LogP contribution in [0, 0.1) is 6.92 Å². The second kappa shape index (κ2) is 4.59. The van der Waals surface area contributed by atoms with Gasteiger partial charge in [-0.2, -0.15) is 0 Å². The zero-order valence-electron chi connectivity index (χ0n) is 11.0. The fourth-order valence-electron chi connectivity index (χ4n) is 2.90. The van der Waals surface area contributed by atoms with E-state index in [9.17, 15) is 5.11 Å². The van der Waals surface area contributed by atoms with E-state index in [2.05, 4.69) is 30.0 Å². The molecule has 0 saturated heterocycles. The van der Waals surface area contributed by atoms with Gasteiger partial charge in [0.1, 0.15) is 5.75 Å². The van der Waals surface area contributed by atoms with Gasteiger partial charge in [-0.3, -0.25) is 0 Å². The quantitative estimate of drug-likeness (QED) is 0.866. The van der Waals surface area contributed by atoms with Gasteiger partial charge in [0.25, 0.3) is 0 Å². The lowest BCUT2D eigenvalue weighted by Gasteiger charge is -2.26. The van der Waals surface area contributed by atoms with E-state index in [4.69, 9.17) is 5.73 Å². The van der Waals surface area contributed by atoms with E-state index >= 15 is 0 Å². The number of aromatic hydroxyl groups is 1. The largest absolute Gasteiger partial charge is 0.508 e. The number of aryl methyl sites for hydroxylation is 1. The Morgan fingerprint density at radius 2 is 2.05 bits per heavy atom. The van der Waals surface area contributed by atoms with Gasteiger partial charge in [-0.15, -0.1) is 0 Å². The average Bonchev–Trinajstić information content (AvgIpc) is 2.79. The van der Waals surface area contributed by atoms with Crippen LogP contribution < -0.4 is 10.6 Å². The van der Waals surface area contributed by atoms with Crippen molar-refractivity contribution in [1.29, 1.82) is 0 Å². The molecule has 1 aliphatic heterocycles. The number of rotatable bonds is 2. The van der Waals surface area contributed by atoms with Crippen molar-refractivity contribution in [3.63, 3.8) is 0 Å². The summed E-state index contributed by atoms with van der Waals surface area (Å²) in [6.07, 6.45) is 0. The summed E-state index contributed by atoms with van der Waals surface area (Å²) >= 11 is 0. The molecule has 3 heteroatoms. The molecule has 1 aliphatic rings. The standard InChI is InChI=1S/C16H18N2O/c1-11-4-2-7-14-15(11)10-18(16(14)9-17)12-5-3-6-13(19)8-12/h2-8,16,19H,9-10,17H2,1H3.